The molecule has 0 amide bonds. The smallest absolute Gasteiger partial charge is 0.184 e. The second-order valence-electron chi connectivity index (χ2n) is 4.88. The summed E-state index contributed by atoms with van der Waals surface area (Å²) < 4.78 is 17.0. The minimum atomic E-state index is 0.629. The Balaban J connectivity index is 1.77. The molecule has 6 heteroatoms. The highest BCUT2D eigenvalue weighted by molar-refractivity contribution is 7.22. The summed E-state index contributed by atoms with van der Waals surface area (Å²) >= 11 is 1.60. The lowest BCUT2D eigenvalue weighted by Gasteiger charge is -2.10. The van der Waals surface area contributed by atoms with Gasteiger partial charge in [0.25, 0.3) is 0 Å². The van der Waals surface area contributed by atoms with Crippen molar-refractivity contribution in [2.24, 2.45) is 0 Å². The Morgan fingerprint density at radius 3 is 2.43 bits per heavy atom. The molecule has 0 atom stereocenters. The molecule has 3 aromatic rings. The van der Waals surface area contributed by atoms with Crippen molar-refractivity contribution < 1.29 is 14.2 Å². The zero-order valence-electron chi connectivity index (χ0n) is 13.3. The van der Waals surface area contributed by atoms with Gasteiger partial charge in [0, 0.05) is 18.2 Å². The molecule has 0 aliphatic carbocycles. The van der Waals surface area contributed by atoms with Crippen molar-refractivity contribution in [3.05, 3.63) is 42.0 Å². The minimum Gasteiger partial charge on any atom is -0.497 e. The number of hydrogen-bond acceptors (Lipinski definition) is 6. The molecule has 3 rings (SSSR count). The molecule has 0 fully saturated rings. The number of thiazole rings is 1. The zero-order chi connectivity index (χ0) is 16.2. The maximum absolute atomic E-state index is 5.41. The SMILES string of the molecule is COc1ccc(CNc2nc3ccc(OC)cc3s2)c(OC)c1. The molecule has 0 unspecified atom stereocenters. The molecule has 0 saturated heterocycles. The van der Waals surface area contributed by atoms with E-state index in [0.29, 0.717) is 6.54 Å². The maximum atomic E-state index is 5.41. The van der Waals surface area contributed by atoms with E-state index < -0.39 is 0 Å². The van der Waals surface area contributed by atoms with Gasteiger partial charge in [0.1, 0.15) is 17.2 Å². The molecule has 1 aromatic heterocycles. The van der Waals surface area contributed by atoms with Crippen LogP contribution >= 0.6 is 11.3 Å². The van der Waals surface area contributed by atoms with Crippen LogP contribution in [0.4, 0.5) is 5.13 Å². The average molecular weight is 330 g/mol. The van der Waals surface area contributed by atoms with Crippen LogP contribution in [0.15, 0.2) is 36.4 Å². The molecule has 0 aliphatic heterocycles. The molecule has 120 valence electrons. The number of benzene rings is 2. The van der Waals surface area contributed by atoms with Crippen molar-refractivity contribution in [3.8, 4) is 17.2 Å². The molecule has 0 bridgehead atoms. The minimum absolute atomic E-state index is 0.629. The van der Waals surface area contributed by atoms with E-state index in [9.17, 15) is 0 Å². The number of rotatable bonds is 6. The van der Waals surface area contributed by atoms with Crippen molar-refractivity contribution in [1.29, 1.82) is 0 Å². The van der Waals surface area contributed by atoms with Crippen molar-refractivity contribution >= 4 is 26.7 Å². The van der Waals surface area contributed by atoms with Crippen LogP contribution in [0.2, 0.25) is 0 Å². The molecule has 1 heterocycles. The normalized spacial score (nSPS) is 10.6. The number of anilines is 1. The van der Waals surface area contributed by atoms with Crippen molar-refractivity contribution in [2.45, 2.75) is 6.54 Å². The highest BCUT2D eigenvalue weighted by Gasteiger charge is 2.08. The van der Waals surface area contributed by atoms with Crippen LogP contribution in [0.25, 0.3) is 10.2 Å². The lowest BCUT2D eigenvalue weighted by Crippen LogP contribution is -2.01. The van der Waals surface area contributed by atoms with Crippen LogP contribution in [-0.2, 0) is 6.54 Å². The monoisotopic (exact) mass is 330 g/mol. The number of ether oxygens (including phenoxy) is 3. The fraction of sp³-hybridized carbons (Fsp3) is 0.235. The predicted octanol–water partition coefficient (Wildman–Crippen LogP) is 3.93. The van der Waals surface area contributed by atoms with E-state index in [4.69, 9.17) is 14.2 Å². The first-order chi connectivity index (χ1) is 11.2. The molecule has 0 saturated carbocycles. The largest absolute Gasteiger partial charge is 0.497 e. The number of methoxy groups -OCH3 is 3. The highest BCUT2D eigenvalue weighted by atomic mass is 32.1. The summed E-state index contributed by atoms with van der Waals surface area (Å²) in [5.41, 5.74) is 2.00. The fourth-order valence-electron chi connectivity index (χ4n) is 2.28. The Morgan fingerprint density at radius 1 is 0.957 bits per heavy atom. The number of aromatic nitrogens is 1. The third-order valence-electron chi connectivity index (χ3n) is 3.52. The van der Waals surface area contributed by atoms with Crippen LogP contribution in [0.3, 0.4) is 0 Å². The summed E-state index contributed by atoms with van der Waals surface area (Å²) in [5.74, 6) is 2.40. The molecule has 0 spiro atoms. The van der Waals surface area contributed by atoms with E-state index in [2.05, 4.69) is 10.3 Å². The van der Waals surface area contributed by atoms with Crippen molar-refractivity contribution in [3.63, 3.8) is 0 Å². The van der Waals surface area contributed by atoms with E-state index in [1.54, 1.807) is 32.7 Å². The fourth-order valence-corrected chi connectivity index (χ4v) is 3.17. The second kappa shape index (κ2) is 6.75. The van der Waals surface area contributed by atoms with E-state index >= 15 is 0 Å². The molecule has 5 nitrogen and oxygen atoms in total. The lowest BCUT2D eigenvalue weighted by atomic mass is 10.2. The quantitative estimate of drug-likeness (QED) is 0.742. The van der Waals surface area contributed by atoms with Gasteiger partial charge in [-0.25, -0.2) is 4.98 Å². The summed E-state index contributed by atoms with van der Waals surface area (Å²) in [6, 6.07) is 11.7. The third kappa shape index (κ3) is 3.32. The van der Waals surface area contributed by atoms with Crippen LogP contribution < -0.4 is 19.5 Å². The van der Waals surface area contributed by atoms with Crippen LogP contribution in [0.5, 0.6) is 17.2 Å². The summed E-state index contributed by atoms with van der Waals surface area (Å²) in [5, 5.41) is 4.21. The molecule has 0 radical (unpaired) electrons. The van der Waals surface area contributed by atoms with Crippen molar-refractivity contribution in [2.75, 3.05) is 26.6 Å². The zero-order valence-corrected chi connectivity index (χ0v) is 14.1. The van der Waals surface area contributed by atoms with E-state index in [1.165, 1.54) is 0 Å². The van der Waals surface area contributed by atoms with E-state index in [0.717, 1.165) is 38.2 Å². The van der Waals surface area contributed by atoms with Gasteiger partial charge in [-0.1, -0.05) is 11.3 Å². The Labute approximate surface area is 138 Å². The molecule has 1 N–H and O–H groups in total. The Bertz CT molecular complexity index is 817. The van der Waals surface area contributed by atoms with Gasteiger partial charge >= 0.3 is 0 Å². The maximum Gasteiger partial charge on any atom is 0.184 e. The predicted molar refractivity (Wildman–Crippen MR) is 93.0 cm³/mol. The molecule has 2 aromatic carbocycles. The lowest BCUT2D eigenvalue weighted by molar-refractivity contribution is 0.391. The Kier molecular flexibility index (Phi) is 4.52. The van der Waals surface area contributed by atoms with Gasteiger partial charge in [0.2, 0.25) is 0 Å². The van der Waals surface area contributed by atoms with Gasteiger partial charge in [-0.15, -0.1) is 0 Å². The Morgan fingerprint density at radius 2 is 1.70 bits per heavy atom. The molecular formula is C17H18N2O3S. The standard InChI is InChI=1S/C17H18N2O3S/c1-20-12-5-4-11(15(8-12)22-3)10-18-17-19-14-7-6-13(21-2)9-16(14)23-17/h4-9H,10H2,1-3H3,(H,18,19). The number of hydrogen-bond donors (Lipinski definition) is 1. The van der Waals surface area contributed by atoms with Crippen LogP contribution in [0, 0.1) is 0 Å². The van der Waals surface area contributed by atoms with Crippen molar-refractivity contribution in [1.82, 2.24) is 4.98 Å². The topological polar surface area (TPSA) is 52.6 Å². The molecule has 23 heavy (non-hydrogen) atoms. The molecule has 0 aliphatic rings. The highest BCUT2D eigenvalue weighted by Crippen LogP contribution is 2.30. The number of nitrogens with zero attached hydrogens (tertiary/aromatic N) is 1. The van der Waals surface area contributed by atoms with Crippen LogP contribution in [0.1, 0.15) is 5.56 Å². The molecular weight excluding hydrogens is 312 g/mol. The van der Waals surface area contributed by atoms with Gasteiger partial charge in [0.05, 0.1) is 31.5 Å². The van der Waals surface area contributed by atoms with Gasteiger partial charge in [-0.3, -0.25) is 0 Å². The first kappa shape index (κ1) is 15.4. The summed E-state index contributed by atoms with van der Waals surface area (Å²) in [4.78, 5) is 4.58. The van der Waals surface area contributed by atoms with E-state index in [1.807, 2.05) is 36.4 Å². The van der Waals surface area contributed by atoms with E-state index in [-0.39, 0.29) is 0 Å². The van der Waals surface area contributed by atoms with Gasteiger partial charge in [0.15, 0.2) is 5.13 Å². The average Bonchev–Trinajstić information content (AvgIpc) is 3.01. The van der Waals surface area contributed by atoms with Gasteiger partial charge in [-0.05, 0) is 30.3 Å². The number of fused-ring (bicyclic) bond motifs is 1. The summed E-state index contributed by atoms with van der Waals surface area (Å²) in [6.45, 7) is 0.629. The van der Waals surface area contributed by atoms with Crippen LogP contribution in [-0.4, -0.2) is 26.3 Å². The van der Waals surface area contributed by atoms with Gasteiger partial charge in [-0.2, -0.15) is 0 Å². The first-order valence-electron chi connectivity index (χ1n) is 7.13. The Hall–Kier alpha value is -2.47. The summed E-state index contributed by atoms with van der Waals surface area (Å²) in [7, 11) is 4.96. The first-order valence-corrected chi connectivity index (χ1v) is 7.94. The second-order valence-corrected chi connectivity index (χ2v) is 5.91. The third-order valence-corrected chi connectivity index (χ3v) is 4.50. The summed E-state index contributed by atoms with van der Waals surface area (Å²) in [6.07, 6.45) is 0. The van der Waals surface area contributed by atoms with Gasteiger partial charge < -0.3 is 19.5 Å². The number of nitrogens with one attached hydrogen (secondary N) is 1.